The minimum absolute atomic E-state index is 0.108. The van der Waals surface area contributed by atoms with E-state index in [0.29, 0.717) is 19.0 Å². The summed E-state index contributed by atoms with van der Waals surface area (Å²) in [6, 6.07) is 8.66. The van der Waals surface area contributed by atoms with Crippen molar-refractivity contribution in [2.24, 2.45) is 0 Å². The highest BCUT2D eigenvalue weighted by molar-refractivity contribution is 9.10. The number of aromatic nitrogens is 3. The summed E-state index contributed by atoms with van der Waals surface area (Å²) in [4.78, 5) is 12.1. The second-order valence-corrected chi connectivity index (χ2v) is 8.68. The average molecular weight is 451 g/mol. The van der Waals surface area contributed by atoms with Crippen LogP contribution in [0.15, 0.2) is 33.9 Å². The molecule has 1 saturated carbocycles. The van der Waals surface area contributed by atoms with Crippen LogP contribution in [0.3, 0.4) is 0 Å². The number of hydrogen-bond acceptors (Lipinski definition) is 4. The smallest absolute Gasteiger partial charge is 0.220 e. The fraction of sp³-hybridized carbons (Fsp3) is 0.550. The fourth-order valence-electron chi connectivity index (χ4n) is 3.66. The van der Waals surface area contributed by atoms with E-state index in [1.165, 1.54) is 31.2 Å². The molecule has 1 N–H and O–H groups in total. The van der Waals surface area contributed by atoms with E-state index in [2.05, 4.69) is 54.4 Å². The number of carbonyl (C=O) groups is 1. The lowest BCUT2D eigenvalue weighted by atomic mass is 10.1. The van der Waals surface area contributed by atoms with Gasteiger partial charge in [-0.25, -0.2) is 0 Å². The molecule has 0 bridgehead atoms. The quantitative estimate of drug-likeness (QED) is 0.449. The molecule has 0 atom stereocenters. The van der Waals surface area contributed by atoms with Crippen molar-refractivity contribution in [1.29, 1.82) is 0 Å². The molecule has 2 aromatic rings. The van der Waals surface area contributed by atoms with Gasteiger partial charge in [-0.05, 0) is 49.6 Å². The molecular formula is C20H27BrN4OS. The van der Waals surface area contributed by atoms with Gasteiger partial charge in [0.1, 0.15) is 5.82 Å². The van der Waals surface area contributed by atoms with Crippen molar-refractivity contribution >= 4 is 33.6 Å². The van der Waals surface area contributed by atoms with Crippen LogP contribution in [-0.2, 0) is 17.6 Å². The number of hydrogen-bond donors (Lipinski definition) is 1. The third-order valence-corrected chi connectivity index (χ3v) is 6.17. The minimum atomic E-state index is 0.108. The molecule has 1 fully saturated rings. The highest BCUT2D eigenvalue weighted by Gasteiger charge is 2.23. The number of thioether (sulfide) groups is 1. The van der Waals surface area contributed by atoms with E-state index in [1.54, 1.807) is 11.8 Å². The Morgan fingerprint density at radius 2 is 2.11 bits per heavy atom. The number of rotatable bonds is 9. The molecule has 3 rings (SSSR count). The SMILES string of the molecule is CSc1nnc(CCCNC(=O)CCc2cccc(Br)c2)n1C1CCCC1. The normalized spacial score (nSPS) is 14.6. The maximum absolute atomic E-state index is 12.1. The zero-order valence-corrected chi connectivity index (χ0v) is 18.2. The van der Waals surface area contributed by atoms with Crippen LogP contribution in [0.25, 0.3) is 0 Å². The number of amides is 1. The first kappa shape index (κ1) is 20.4. The van der Waals surface area contributed by atoms with Gasteiger partial charge in [0.05, 0.1) is 0 Å². The predicted octanol–water partition coefficient (Wildman–Crippen LogP) is 4.56. The summed E-state index contributed by atoms with van der Waals surface area (Å²) in [5, 5.41) is 12.8. The second-order valence-electron chi connectivity index (χ2n) is 6.99. The maximum atomic E-state index is 12.1. The van der Waals surface area contributed by atoms with Crippen molar-refractivity contribution in [3.8, 4) is 0 Å². The highest BCUT2D eigenvalue weighted by atomic mass is 79.9. The fourth-order valence-corrected chi connectivity index (χ4v) is 4.68. The second kappa shape index (κ2) is 10.3. The third kappa shape index (κ3) is 5.82. The number of carbonyl (C=O) groups excluding carboxylic acids is 1. The lowest BCUT2D eigenvalue weighted by Gasteiger charge is -2.16. The van der Waals surface area contributed by atoms with Gasteiger partial charge in [0.2, 0.25) is 5.91 Å². The van der Waals surface area contributed by atoms with Crippen LogP contribution < -0.4 is 5.32 Å². The molecule has 5 nitrogen and oxygen atoms in total. The van der Waals surface area contributed by atoms with E-state index in [4.69, 9.17) is 0 Å². The van der Waals surface area contributed by atoms with Gasteiger partial charge in [-0.3, -0.25) is 4.79 Å². The Morgan fingerprint density at radius 1 is 1.30 bits per heavy atom. The van der Waals surface area contributed by atoms with Gasteiger partial charge in [-0.1, -0.05) is 52.7 Å². The molecule has 0 unspecified atom stereocenters. The summed E-state index contributed by atoms with van der Waals surface area (Å²) in [7, 11) is 0. The van der Waals surface area contributed by atoms with E-state index >= 15 is 0 Å². The summed E-state index contributed by atoms with van der Waals surface area (Å²) in [5.41, 5.74) is 1.17. The summed E-state index contributed by atoms with van der Waals surface area (Å²) < 4.78 is 3.39. The number of nitrogens with zero attached hydrogens (tertiary/aromatic N) is 3. The first-order valence-corrected chi connectivity index (χ1v) is 11.7. The van der Waals surface area contributed by atoms with Crippen molar-refractivity contribution in [1.82, 2.24) is 20.1 Å². The predicted molar refractivity (Wildman–Crippen MR) is 113 cm³/mol. The Labute approximate surface area is 173 Å². The molecular weight excluding hydrogens is 424 g/mol. The minimum Gasteiger partial charge on any atom is -0.356 e. The monoisotopic (exact) mass is 450 g/mol. The Bertz CT molecular complexity index is 758. The van der Waals surface area contributed by atoms with Crippen LogP contribution in [-0.4, -0.2) is 33.5 Å². The first-order valence-electron chi connectivity index (χ1n) is 9.66. The molecule has 146 valence electrons. The maximum Gasteiger partial charge on any atom is 0.220 e. The number of aryl methyl sites for hydroxylation is 2. The molecule has 1 aromatic carbocycles. The van der Waals surface area contributed by atoms with E-state index < -0.39 is 0 Å². The molecule has 1 aliphatic rings. The zero-order chi connectivity index (χ0) is 19.1. The summed E-state index contributed by atoms with van der Waals surface area (Å²) >= 11 is 5.13. The molecule has 0 aliphatic heterocycles. The van der Waals surface area contributed by atoms with Crippen molar-refractivity contribution in [2.75, 3.05) is 12.8 Å². The Kier molecular flexibility index (Phi) is 7.76. The molecule has 1 aliphatic carbocycles. The van der Waals surface area contributed by atoms with E-state index in [1.807, 2.05) is 12.1 Å². The summed E-state index contributed by atoms with van der Waals surface area (Å²) in [6.07, 6.45) is 10.1. The van der Waals surface area contributed by atoms with Crippen LogP contribution in [0, 0.1) is 0 Å². The zero-order valence-electron chi connectivity index (χ0n) is 15.8. The molecule has 0 spiro atoms. The van der Waals surface area contributed by atoms with E-state index in [9.17, 15) is 4.79 Å². The lowest BCUT2D eigenvalue weighted by molar-refractivity contribution is -0.121. The van der Waals surface area contributed by atoms with Crippen molar-refractivity contribution in [2.45, 2.75) is 62.6 Å². The van der Waals surface area contributed by atoms with Gasteiger partial charge in [0.25, 0.3) is 0 Å². The van der Waals surface area contributed by atoms with Crippen molar-refractivity contribution < 1.29 is 4.79 Å². The molecule has 0 radical (unpaired) electrons. The van der Waals surface area contributed by atoms with E-state index in [0.717, 1.165) is 34.7 Å². The number of benzene rings is 1. The van der Waals surface area contributed by atoms with Gasteiger partial charge in [-0.2, -0.15) is 0 Å². The number of nitrogens with one attached hydrogen (secondary N) is 1. The topological polar surface area (TPSA) is 59.8 Å². The average Bonchev–Trinajstić information content (AvgIpc) is 3.32. The molecule has 0 saturated heterocycles. The van der Waals surface area contributed by atoms with Crippen LogP contribution in [0.1, 0.15) is 56.0 Å². The molecule has 1 amide bonds. The van der Waals surface area contributed by atoms with Crippen LogP contribution >= 0.6 is 27.7 Å². The van der Waals surface area contributed by atoms with Gasteiger partial charge in [-0.15, -0.1) is 10.2 Å². The van der Waals surface area contributed by atoms with Crippen LogP contribution in [0.5, 0.6) is 0 Å². The Morgan fingerprint density at radius 3 is 2.85 bits per heavy atom. The van der Waals surface area contributed by atoms with Crippen molar-refractivity contribution in [3.63, 3.8) is 0 Å². The van der Waals surface area contributed by atoms with Gasteiger partial charge < -0.3 is 9.88 Å². The summed E-state index contributed by atoms with van der Waals surface area (Å²) in [5.74, 6) is 1.17. The Balaban J connectivity index is 1.42. The molecule has 27 heavy (non-hydrogen) atoms. The summed E-state index contributed by atoms with van der Waals surface area (Å²) in [6.45, 7) is 0.684. The molecule has 1 aromatic heterocycles. The number of halogens is 1. The molecule has 1 heterocycles. The largest absolute Gasteiger partial charge is 0.356 e. The van der Waals surface area contributed by atoms with Crippen LogP contribution in [0.4, 0.5) is 0 Å². The van der Waals surface area contributed by atoms with Gasteiger partial charge in [0, 0.05) is 29.9 Å². The van der Waals surface area contributed by atoms with Crippen molar-refractivity contribution in [3.05, 3.63) is 40.1 Å². The standard InChI is InChI=1S/C20H27BrN4OS/c1-27-20-24-23-18(25(20)17-8-2-3-9-17)10-5-13-22-19(26)12-11-15-6-4-7-16(21)14-15/h4,6-7,14,17H,2-3,5,8-13H2,1H3,(H,22,26). The third-order valence-electron chi connectivity index (χ3n) is 5.04. The lowest BCUT2D eigenvalue weighted by Crippen LogP contribution is -2.25. The highest BCUT2D eigenvalue weighted by Crippen LogP contribution is 2.33. The Hall–Kier alpha value is -1.34. The van der Waals surface area contributed by atoms with Gasteiger partial charge >= 0.3 is 0 Å². The van der Waals surface area contributed by atoms with Gasteiger partial charge in [0.15, 0.2) is 5.16 Å². The van der Waals surface area contributed by atoms with Crippen LogP contribution in [0.2, 0.25) is 0 Å². The first-order chi connectivity index (χ1) is 13.2. The van der Waals surface area contributed by atoms with E-state index in [-0.39, 0.29) is 5.91 Å². The molecule has 7 heteroatoms.